The maximum atomic E-state index is 11.7. The number of carboxylic acids is 1. The van der Waals surface area contributed by atoms with Crippen LogP contribution in [0.3, 0.4) is 0 Å². The Morgan fingerprint density at radius 2 is 1.76 bits per heavy atom. The molecule has 0 spiro atoms. The summed E-state index contributed by atoms with van der Waals surface area (Å²) in [5.74, 6) is 0.0866. The van der Waals surface area contributed by atoms with Gasteiger partial charge < -0.3 is 10.8 Å². The van der Waals surface area contributed by atoms with Crippen LogP contribution in [-0.2, 0) is 4.79 Å². The fraction of sp³-hybridized carbons (Fsp3) is 0.929. The van der Waals surface area contributed by atoms with Crippen molar-refractivity contribution in [2.24, 2.45) is 23.5 Å². The van der Waals surface area contributed by atoms with E-state index in [0.717, 1.165) is 44.9 Å². The molecule has 3 nitrogen and oxygen atoms in total. The summed E-state index contributed by atoms with van der Waals surface area (Å²) in [5.41, 5.74) is 5.45. The van der Waals surface area contributed by atoms with Crippen molar-refractivity contribution >= 4 is 5.97 Å². The predicted octanol–water partition coefficient (Wildman–Crippen LogP) is 2.79. The van der Waals surface area contributed by atoms with E-state index in [2.05, 4.69) is 6.92 Å². The Morgan fingerprint density at radius 3 is 2.24 bits per heavy atom. The maximum Gasteiger partial charge on any atom is 0.324 e. The molecule has 2 rings (SSSR count). The molecule has 3 heteroatoms. The summed E-state index contributed by atoms with van der Waals surface area (Å²) < 4.78 is 0. The first-order valence-corrected chi connectivity index (χ1v) is 7.09. The molecule has 17 heavy (non-hydrogen) atoms. The van der Waals surface area contributed by atoms with E-state index in [1.165, 1.54) is 6.42 Å². The average Bonchev–Trinajstić information content (AvgIpc) is 2.76. The van der Waals surface area contributed by atoms with Crippen LogP contribution in [0.2, 0.25) is 0 Å². The second kappa shape index (κ2) is 4.97. The van der Waals surface area contributed by atoms with Gasteiger partial charge in [0.15, 0.2) is 0 Å². The van der Waals surface area contributed by atoms with Crippen LogP contribution < -0.4 is 5.73 Å². The molecule has 0 aromatic rings. The molecule has 0 aromatic carbocycles. The lowest BCUT2D eigenvalue weighted by molar-refractivity contribution is -0.150. The van der Waals surface area contributed by atoms with Gasteiger partial charge in [-0.05, 0) is 37.0 Å². The van der Waals surface area contributed by atoms with E-state index in [1.54, 1.807) is 0 Å². The summed E-state index contributed by atoms with van der Waals surface area (Å²) in [7, 11) is 0. The molecule has 3 N–H and O–H groups in total. The number of nitrogens with two attached hydrogens (primary N) is 1. The second-order valence-electron chi connectivity index (χ2n) is 6.09. The minimum atomic E-state index is -0.962. The topological polar surface area (TPSA) is 63.3 Å². The van der Waals surface area contributed by atoms with E-state index < -0.39 is 11.5 Å². The molecule has 0 radical (unpaired) electrons. The molecule has 0 amide bonds. The highest BCUT2D eigenvalue weighted by Crippen LogP contribution is 2.45. The third kappa shape index (κ3) is 2.22. The molecule has 0 aromatic heterocycles. The molecular formula is C14H25NO2. The average molecular weight is 239 g/mol. The molecule has 2 unspecified atom stereocenters. The van der Waals surface area contributed by atoms with Gasteiger partial charge in [0, 0.05) is 0 Å². The molecule has 0 heterocycles. The Morgan fingerprint density at radius 1 is 1.12 bits per heavy atom. The lowest BCUT2D eigenvalue weighted by atomic mass is 9.66. The van der Waals surface area contributed by atoms with Crippen LogP contribution >= 0.6 is 0 Å². The quantitative estimate of drug-likeness (QED) is 0.796. The smallest absolute Gasteiger partial charge is 0.324 e. The fourth-order valence-corrected chi connectivity index (χ4v) is 4.07. The Balaban J connectivity index is 2.21. The molecule has 98 valence electrons. The van der Waals surface area contributed by atoms with Crippen molar-refractivity contribution < 1.29 is 9.90 Å². The van der Waals surface area contributed by atoms with Crippen molar-refractivity contribution in [2.75, 3.05) is 0 Å². The summed E-state index contributed by atoms with van der Waals surface area (Å²) in [6, 6.07) is 0. The zero-order valence-corrected chi connectivity index (χ0v) is 10.8. The van der Waals surface area contributed by atoms with Gasteiger partial charge in [-0.2, -0.15) is 0 Å². The molecule has 0 bridgehead atoms. The van der Waals surface area contributed by atoms with Gasteiger partial charge in [-0.25, -0.2) is 0 Å². The summed E-state index contributed by atoms with van der Waals surface area (Å²) >= 11 is 0. The minimum absolute atomic E-state index is 0.183. The third-order valence-corrected chi connectivity index (χ3v) is 5.13. The maximum absolute atomic E-state index is 11.7. The van der Waals surface area contributed by atoms with Crippen LogP contribution in [0.5, 0.6) is 0 Å². The normalized spacial score (nSPS) is 34.5. The molecule has 0 aliphatic heterocycles. The number of rotatable bonds is 3. The number of hydrogen-bond acceptors (Lipinski definition) is 2. The summed E-state index contributed by atoms with van der Waals surface area (Å²) in [6.07, 6.45) is 8.84. The van der Waals surface area contributed by atoms with E-state index in [4.69, 9.17) is 5.73 Å². The number of aliphatic carboxylic acids is 1. The van der Waals surface area contributed by atoms with Gasteiger partial charge in [-0.3, -0.25) is 4.79 Å². The van der Waals surface area contributed by atoms with Gasteiger partial charge in [0.2, 0.25) is 0 Å². The Labute approximate surface area is 104 Å². The zero-order valence-electron chi connectivity index (χ0n) is 10.8. The first-order chi connectivity index (χ1) is 8.06. The van der Waals surface area contributed by atoms with E-state index in [0.29, 0.717) is 5.92 Å². The Hall–Kier alpha value is -0.570. The van der Waals surface area contributed by atoms with Gasteiger partial charge in [-0.1, -0.05) is 39.0 Å². The Bertz CT molecular complexity index is 286. The standard InChI is InChI=1S/C14H25NO2/c1-10-6-5-9-12(10)14(15,13(16)17)11-7-3-2-4-8-11/h10-12H,2-9,15H2,1H3,(H,16,17)/t10?,12?,14-/m0/s1. The zero-order chi connectivity index (χ0) is 12.5. The first-order valence-electron chi connectivity index (χ1n) is 7.09. The van der Waals surface area contributed by atoms with Gasteiger partial charge in [0.1, 0.15) is 5.54 Å². The van der Waals surface area contributed by atoms with Gasteiger partial charge in [0.05, 0.1) is 0 Å². The van der Waals surface area contributed by atoms with Crippen molar-refractivity contribution in [1.82, 2.24) is 0 Å². The van der Waals surface area contributed by atoms with E-state index in [9.17, 15) is 9.90 Å². The fourth-order valence-electron chi connectivity index (χ4n) is 4.07. The third-order valence-electron chi connectivity index (χ3n) is 5.13. The lowest BCUT2D eigenvalue weighted by Crippen LogP contribution is -2.60. The molecular weight excluding hydrogens is 214 g/mol. The SMILES string of the molecule is CC1CCCC1[C@](N)(C(=O)O)C1CCCCC1. The molecule has 2 fully saturated rings. The highest BCUT2D eigenvalue weighted by Gasteiger charge is 2.51. The minimum Gasteiger partial charge on any atom is -0.480 e. The summed E-state index contributed by atoms with van der Waals surface area (Å²) in [6.45, 7) is 2.17. The van der Waals surface area contributed by atoms with E-state index >= 15 is 0 Å². The monoisotopic (exact) mass is 239 g/mol. The van der Waals surface area contributed by atoms with Crippen LogP contribution in [0.15, 0.2) is 0 Å². The predicted molar refractivity (Wildman–Crippen MR) is 67.6 cm³/mol. The largest absolute Gasteiger partial charge is 0.480 e. The molecule has 2 aliphatic rings. The number of carboxylic acid groups (broad SMARTS) is 1. The van der Waals surface area contributed by atoms with Crippen molar-refractivity contribution in [2.45, 2.75) is 63.8 Å². The van der Waals surface area contributed by atoms with Crippen LogP contribution in [0, 0.1) is 17.8 Å². The molecule has 2 saturated carbocycles. The molecule has 0 saturated heterocycles. The number of hydrogen-bond donors (Lipinski definition) is 2. The molecule has 2 aliphatic carbocycles. The molecule has 3 atom stereocenters. The first kappa shape index (κ1) is 12.9. The Kier molecular flexibility index (Phi) is 3.76. The van der Waals surface area contributed by atoms with Gasteiger partial charge in [-0.15, -0.1) is 0 Å². The van der Waals surface area contributed by atoms with Crippen molar-refractivity contribution in [1.29, 1.82) is 0 Å². The highest BCUT2D eigenvalue weighted by atomic mass is 16.4. The van der Waals surface area contributed by atoms with Crippen LogP contribution in [0.4, 0.5) is 0 Å². The highest BCUT2D eigenvalue weighted by molar-refractivity contribution is 5.79. The van der Waals surface area contributed by atoms with Gasteiger partial charge in [0.25, 0.3) is 0 Å². The van der Waals surface area contributed by atoms with Crippen molar-refractivity contribution in [3.8, 4) is 0 Å². The van der Waals surface area contributed by atoms with Crippen LogP contribution in [-0.4, -0.2) is 16.6 Å². The number of carbonyl (C=O) groups is 1. The van der Waals surface area contributed by atoms with E-state index in [1.807, 2.05) is 0 Å². The van der Waals surface area contributed by atoms with E-state index in [-0.39, 0.29) is 11.8 Å². The summed E-state index contributed by atoms with van der Waals surface area (Å²) in [4.78, 5) is 11.7. The van der Waals surface area contributed by atoms with Gasteiger partial charge >= 0.3 is 5.97 Å². The van der Waals surface area contributed by atoms with Crippen LogP contribution in [0.25, 0.3) is 0 Å². The van der Waals surface area contributed by atoms with Crippen LogP contribution in [0.1, 0.15) is 58.3 Å². The lowest BCUT2D eigenvalue weighted by Gasteiger charge is -2.42. The van der Waals surface area contributed by atoms with Crippen molar-refractivity contribution in [3.05, 3.63) is 0 Å². The second-order valence-corrected chi connectivity index (χ2v) is 6.09. The van der Waals surface area contributed by atoms with Crippen molar-refractivity contribution in [3.63, 3.8) is 0 Å². The summed E-state index contributed by atoms with van der Waals surface area (Å²) in [5, 5.41) is 9.64.